The zero-order valence-corrected chi connectivity index (χ0v) is 40.9. The number of fused-ring (bicyclic) bond motifs is 4. The number of nitrogens with one attached hydrogen (secondary N) is 3. The van der Waals surface area contributed by atoms with Gasteiger partial charge in [-0.3, -0.25) is 9.59 Å². The molecule has 12 atom stereocenters. The zero-order valence-electron chi connectivity index (χ0n) is 40.9. The fourth-order valence-electron chi connectivity index (χ4n) is 15.6. The molecule has 5 aliphatic carbocycles. The van der Waals surface area contributed by atoms with Crippen LogP contribution < -0.4 is 20.7 Å². The van der Waals surface area contributed by atoms with Crippen LogP contribution in [0, 0.1) is 52.3 Å². The molecule has 1 aromatic rings. The van der Waals surface area contributed by atoms with Gasteiger partial charge in [0.15, 0.2) is 11.5 Å². The summed E-state index contributed by atoms with van der Waals surface area (Å²) in [5, 5.41) is 55.9. The maximum Gasteiger partial charge on any atom is 0.332 e. The summed E-state index contributed by atoms with van der Waals surface area (Å²) in [7, 11) is 0. The summed E-state index contributed by atoms with van der Waals surface area (Å²) in [6.07, 6.45) is 13.6. The number of hydrogen-bond donors (Lipinski definition) is 7. The van der Waals surface area contributed by atoms with Crippen molar-refractivity contribution in [1.29, 1.82) is 0 Å². The molecular weight excluding hydrogens is 863 g/mol. The van der Waals surface area contributed by atoms with Crippen molar-refractivity contribution in [1.82, 2.24) is 16.0 Å². The van der Waals surface area contributed by atoms with Crippen LogP contribution in [0.5, 0.6) is 11.5 Å². The van der Waals surface area contributed by atoms with Crippen LogP contribution >= 0.6 is 0 Å². The first kappa shape index (κ1) is 49.6. The van der Waals surface area contributed by atoms with Crippen LogP contribution in [0.4, 0.5) is 0 Å². The molecule has 13 nitrogen and oxygen atoms in total. The highest BCUT2D eigenvalue weighted by atomic mass is 16.6. The summed E-state index contributed by atoms with van der Waals surface area (Å²) >= 11 is 0. The number of phenolic OH excluding ortho intramolecular Hbond substituents is 1. The minimum atomic E-state index is -1.16. The van der Waals surface area contributed by atoms with Crippen molar-refractivity contribution in [3.8, 4) is 23.3 Å². The molecule has 1 amide bonds. The molecule has 2 saturated heterocycles. The maximum absolute atomic E-state index is 15.6. The number of ether oxygens (including phenoxy) is 3. The third kappa shape index (κ3) is 9.81. The molecule has 8 aliphatic rings. The highest BCUT2D eigenvalue weighted by molar-refractivity contribution is 5.90. The Morgan fingerprint density at radius 3 is 2.46 bits per heavy atom. The van der Waals surface area contributed by atoms with Gasteiger partial charge in [0.05, 0.1) is 18.8 Å². The van der Waals surface area contributed by atoms with Crippen LogP contribution in [-0.4, -0.2) is 107 Å². The lowest BCUT2D eigenvalue weighted by Gasteiger charge is -2.56. The lowest BCUT2D eigenvalue weighted by molar-refractivity contribution is -0.183. The second-order valence-corrected chi connectivity index (χ2v) is 22.9. The van der Waals surface area contributed by atoms with Crippen molar-refractivity contribution < 1.29 is 49.0 Å². The molecule has 376 valence electrons. The summed E-state index contributed by atoms with van der Waals surface area (Å²) in [4.78, 5) is 42.4. The summed E-state index contributed by atoms with van der Waals surface area (Å²) in [5.41, 5.74) is -0.208. The molecule has 5 fully saturated rings. The van der Waals surface area contributed by atoms with Gasteiger partial charge in [-0.05, 0) is 133 Å². The van der Waals surface area contributed by atoms with Crippen LogP contribution in [0.15, 0.2) is 12.1 Å². The van der Waals surface area contributed by atoms with Gasteiger partial charge in [0.2, 0.25) is 5.91 Å². The first-order valence-electron chi connectivity index (χ1n) is 26.9. The third-order valence-electron chi connectivity index (χ3n) is 19.0. The van der Waals surface area contributed by atoms with Gasteiger partial charge in [-0.25, -0.2) is 4.79 Å². The maximum atomic E-state index is 15.6. The van der Waals surface area contributed by atoms with E-state index in [4.69, 9.17) is 14.2 Å². The number of esters is 2. The number of phenols is 1. The number of carbonyl (C=O) groups is 3. The van der Waals surface area contributed by atoms with E-state index in [1.54, 1.807) is 13.0 Å². The molecule has 9 rings (SSSR count). The Balaban J connectivity index is 1.19. The SMILES string of the molecule is CC(=O)O[C@H]1C[C@@H](OC(=O)[C@@]23CCCC[C@@H]2CCC(=O)N3)C2(CCNCC2)[C@@H]2c3ccc(O)c4c3[C@H](C[C@@H]2C#CC[C@H](C[C@H](C)O)[C@H]1CC[C@H](O)CNC1CCCC1)[C@H](C1(CO)CCCC1)CO4. The zero-order chi connectivity index (χ0) is 47.6. The minimum absolute atomic E-state index is 0.00845. The molecule has 3 aliphatic heterocycles. The predicted molar refractivity (Wildman–Crippen MR) is 256 cm³/mol. The van der Waals surface area contributed by atoms with Gasteiger partial charge in [-0.1, -0.05) is 50.5 Å². The average molecular weight is 944 g/mol. The number of aromatic hydroxyl groups is 1. The second kappa shape index (κ2) is 21.1. The van der Waals surface area contributed by atoms with E-state index in [9.17, 15) is 30.0 Å². The molecular formula is C55H81N3O10. The lowest BCUT2D eigenvalue weighted by Crippen LogP contribution is -2.65. The first-order chi connectivity index (χ1) is 32.9. The van der Waals surface area contributed by atoms with Gasteiger partial charge in [0.25, 0.3) is 0 Å². The van der Waals surface area contributed by atoms with Crippen LogP contribution in [-0.2, 0) is 23.9 Å². The molecule has 13 heteroatoms. The number of carbonyl (C=O) groups excluding carboxylic acids is 3. The van der Waals surface area contributed by atoms with E-state index in [1.165, 1.54) is 19.8 Å². The molecule has 0 aromatic heterocycles. The quantitative estimate of drug-likeness (QED) is 0.0822. The number of piperidine rings is 2. The van der Waals surface area contributed by atoms with E-state index in [-0.39, 0.29) is 71.5 Å². The molecule has 3 saturated carbocycles. The van der Waals surface area contributed by atoms with E-state index in [1.807, 2.05) is 0 Å². The Labute approximate surface area is 404 Å². The van der Waals surface area contributed by atoms with Crippen molar-refractivity contribution in [2.24, 2.45) is 40.4 Å². The molecule has 68 heavy (non-hydrogen) atoms. The Hall–Kier alpha value is -3.41. The molecule has 1 spiro atoms. The van der Waals surface area contributed by atoms with Crippen molar-refractivity contribution >= 4 is 17.8 Å². The van der Waals surface area contributed by atoms with Crippen LogP contribution in [0.25, 0.3) is 0 Å². The monoisotopic (exact) mass is 944 g/mol. The molecule has 1 aromatic carbocycles. The summed E-state index contributed by atoms with van der Waals surface area (Å²) in [6, 6.07) is 4.19. The van der Waals surface area contributed by atoms with E-state index < -0.39 is 47.3 Å². The largest absolute Gasteiger partial charge is 0.504 e. The second-order valence-electron chi connectivity index (χ2n) is 22.9. The van der Waals surface area contributed by atoms with E-state index >= 15 is 4.79 Å². The molecule has 0 radical (unpaired) electrons. The van der Waals surface area contributed by atoms with Gasteiger partial charge in [-0.15, -0.1) is 5.92 Å². The van der Waals surface area contributed by atoms with Crippen molar-refractivity contribution in [3.05, 3.63) is 23.3 Å². The highest BCUT2D eigenvalue weighted by Gasteiger charge is 2.60. The third-order valence-corrected chi connectivity index (χ3v) is 19.0. The summed E-state index contributed by atoms with van der Waals surface area (Å²) in [5.74, 6) is 6.05. The van der Waals surface area contributed by atoms with Crippen LogP contribution in [0.1, 0.15) is 178 Å². The summed E-state index contributed by atoms with van der Waals surface area (Å²) in [6.45, 7) is 5.45. The normalized spacial score (nSPS) is 35.1. The predicted octanol–water partition coefficient (Wildman–Crippen LogP) is 6.67. The Morgan fingerprint density at radius 1 is 0.971 bits per heavy atom. The fourth-order valence-corrected chi connectivity index (χ4v) is 15.6. The van der Waals surface area contributed by atoms with E-state index in [0.29, 0.717) is 102 Å². The van der Waals surface area contributed by atoms with Crippen molar-refractivity contribution in [2.45, 2.75) is 203 Å². The molecule has 7 N–H and O–H groups in total. The fraction of sp³-hybridized carbons (Fsp3) is 0.800. The smallest absolute Gasteiger partial charge is 0.332 e. The number of amides is 1. The molecule has 0 bridgehead atoms. The summed E-state index contributed by atoms with van der Waals surface area (Å²) < 4.78 is 20.5. The van der Waals surface area contributed by atoms with E-state index in [0.717, 1.165) is 68.9 Å². The Bertz CT molecular complexity index is 2010. The van der Waals surface area contributed by atoms with Gasteiger partial charge >= 0.3 is 11.9 Å². The standard InChI is InChI=1S/C55H81N3O10/c1-34(60)28-36-10-9-11-37-29-43-44(53(33-59)21-7-8-22-53)32-66-51-45(63)19-18-42(49(43)51)50(37)54(24-26-56-27-25-54)47(68-52(65)55-23-6-5-12-38(55)15-20-48(64)58-55)30-46(67-35(2)61)41(36)17-16-40(62)31-57-39-13-3-4-14-39/h18-19,34,36-41,43-44,46-47,50,56-57,59-60,62-63H,3-8,10,12-17,20-33H2,1-2H3,(H,58,64)/t34-,36+,37-,38+,40-,41+,43+,44+,46-,47+,50-,55+/m0/s1. The number of aliphatic hydroxyl groups excluding tert-OH is 3. The number of rotatable bonds is 13. The average Bonchev–Trinajstić information content (AvgIpc) is 4.05. The van der Waals surface area contributed by atoms with Crippen molar-refractivity contribution in [2.75, 3.05) is 32.8 Å². The number of benzene rings is 1. The van der Waals surface area contributed by atoms with Gasteiger partial charge in [-0.2, -0.15) is 0 Å². The van der Waals surface area contributed by atoms with Gasteiger partial charge in [0, 0.05) is 85.4 Å². The van der Waals surface area contributed by atoms with Gasteiger partial charge < -0.3 is 50.6 Å². The first-order valence-corrected chi connectivity index (χ1v) is 26.9. The Kier molecular flexibility index (Phi) is 15.4. The Morgan fingerprint density at radius 2 is 1.72 bits per heavy atom. The lowest BCUT2D eigenvalue weighted by atomic mass is 9.51. The number of aliphatic hydroxyl groups is 3. The highest BCUT2D eigenvalue weighted by Crippen LogP contribution is 2.65. The topological polar surface area (TPSA) is 196 Å². The van der Waals surface area contributed by atoms with Crippen LogP contribution in [0.3, 0.4) is 0 Å². The van der Waals surface area contributed by atoms with E-state index in [2.05, 4.69) is 33.9 Å². The molecule has 0 unspecified atom stereocenters. The van der Waals surface area contributed by atoms with Gasteiger partial charge in [0.1, 0.15) is 17.7 Å². The van der Waals surface area contributed by atoms with Crippen molar-refractivity contribution in [3.63, 3.8) is 0 Å². The number of hydrogen-bond acceptors (Lipinski definition) is 12. The minimum Gasteiger partial charge on any atom is -0.504 e. The molecule has 3 heterocycles. The van der Waals surface area contributed by atoms with Crippen LogP contribution in [0.2, 0.25) is 0 Å².